The number of aliphatic hydroxyl groups is 1. The minimum absolute atomic E-state index is 0.00383. The summed E-state index contributed by atoms with van der Waals surface area (Å²) in [6, 6.07) is 24.3. The highest BCUT2D eigenvalue weighted by Crippen LogP contribution is 2.42. The quantitative estimate of drug-likeness (QED) is 0.289. The zero-order valence-corrected chi connectivity index (χ0v) is 21.9. The Balaban J connectivity index is 1.44. The maximum Gasteiger partial charge on any atom is 0.184 e. The lowest BCUT2D eigenvalue weighted by molar-refractivity contribution is -0.276. The standard InChI is InChI=1S/C29H29Cl2N3O3/c1-18-25(15-34-17-33-27(30)28(34)31)36-29(37-26(18)22-7-5-19(16-35)6-8-22)23-11-9-21(10-12-23)24-4-2-3-20(13-24)14-32/h2-13,17-18,25-26,29,35H,14-16,32H2,1H3/t18-,25+,26+,29+/m0/s1. The number of halogens is 2. The Morgan fingerprint density at radius 3 is 2.30 bits per heavy atom. The number of hydrogen-bond donors (Lipinski definition) is 2. The third-order valence-corrected chi connectivity index (χ3v) is 7.68. The molecule has 4 atom stereocenters. The lowest BCUT2D eigenvalue weighted by Crippen LogP contribution is -2.39. The minimum atomic E-state index is -0.578. The van der Waals surface area contributed by atoms with Crippen molar-refractivity contribution in [3.05, 3.63) is 112 Å². The number of nitrogens with zero attached hydrogens (tertiary/aromatic N) is 2. The molecule has 4 aromatic rings. The van der Waals surface area contributed by atoms with Crippen molar-refractivity contribution in [1.82, 2.24) is 9.55 Å². The van der Waals surface area contributed by atoms with Crippen LogP contribution in [0.3, 0.4) is 0 Å². The molecule has 0 saturated carbocycles. The summed E-state index contributed by atoms with van der Waals surface area (Å²) in [4.78, 5) is 4.11. The molecule has 37 heavy (non-hydrogen) atoms. The average Bonchev–Trinajstić information content (AvgIpc) is 3.26. The second kappa shape index (κ2) is 11.4. The van der Waals surface area contributed by atoms with Crippen molar-refractivity contribution in [2.45, 2.75) is 45.1 Å². The Bertz CT molecular complexity index is 1340. The summed E-state index contributed by atoms with van der Waals surface area (Å²) in [5.41, 5.74) is 11.9. The molecule has 0 spiro atoms. The van der Waals surface area contributed by atoms with Gasteiger partial charge in [0.15, 0.2) is 11.4 Å². The van der Waals surface area contributed by atoms with Crippen LogP contribution in [0.15, 0.2) is 79.1 Å². The minimum Gasteiger partial charge on any atom is -0.392 e. The molecular weight excluding hydrogens is 509 g/mol. The predicted molar refractivity (Wildman–Crippen MR) is 145 cm³/mol. The lowest BCUT2D eigenvalue weighted by Gasteiger charge is -2.41. The van der Waals surface area contributed by atoms with Gasteiger partial charge in [-0.2, -0.15) is 0 Å². The van der Waals surface area contributed by atoms with Crippen LogP contribution in [0.2, 0.25) is 10.3 Å². The third-order valence-electron chi connectivity index (χ3n) is 6.91. The van der Waals surface area contributed by atoms with Crippen LogP contribution in [0.5, 0.6) is 0 Å². The zero-order valence-electron chi connectivity index (χ0n) is 20.4. The predicted octanol–water partition coefficient (Wildman–Crippen LogP) is 6.30. The summed E-state index contributed by atoms with van der Waals surface area (Å²) in [5, 5.41) is 10.1. The van der Waals surface area contributed by atoms with Crippen LogP contribution in [0, 0.1) is 5.92 Å². The second-order valence-electron chi connectivity index (χ2n) is 9.33. The van der Waals surface area contributed by atoms with Gasteiger partial charge in [-0.1, -0.05) is 96.9 Å². The van der Waals surface area contributed by atoms with Gasteiger partial charge >= 0.3 is 0 Å². The van der Waals surface area contributed by atoms with Crippen LogP contribution in [-0.4, -0.2) is 20.8 Å². The molecule has 0 radical (unpaired) electrons. The van der Waals surface area contributed by atoms with E-state index in [4.69, 9.17) is 38.4 Å². The van der Waals surface area contributed by atoms with E-state index < -0.39 is 6.29 Å². The van der Waals surface area contributed by atoms with Crippen molar-refractivity contribution in [2.75, 3.05) is 0 Å². The molecule has 0 bridgehead atoms. The number of hydrogen-bond acceptors (Lipinski definition) is 5. The number of imidazole rings is 1. The molecule has 192 valence electrons. The topological polar surface area (TPSA) is 82.5 Å². The third kappa shape index (κ3) is 5.60. The monoisotopic (exact) mass is 537 g/mol. The van der Waals surface area contributed by atoms with Crippen molar-refractivity contribution in [2.24, 2.45) is 11.7 Å². The molecule has 0 aliphatic carbocycles. The molecule has 1 fully saturated rings. The fourth-order valence-electron chi connectivity index (χ4n) is 4.70. The molecule has 3 N–H and O–H groups in total. The highest BCUT2D eigenvalue weighted by atomic mass is 35.5. The zero-order chi connectivity index (χ0) is 25.9. The van der Waals surface area contributed by atoms with Crippen molar-refractivity contribution in [3.63, 3.8) is 0 Å². The molecule has 8 heteroatoms. The Morgan fingerprint density at radius 2 is 1.65 bits per heavy atom. The number of aromatic nitrogens is 2. The number of benzene rings is 3. The van der Waals surface area contributed by atoms with Gasteiger partial charge < -0.3 is 24.9 Å². The summed E-state index contributed by atoms with van der Waals surface area (Å²) in [7, 11) is 0. The van der Waals surface area contributed by atoms with Crippen LogP contribution in [0.1, 0.15) is 41.6 Å². The summed E-state index contributed by atoms with van der Waals surface area (Å²) in [6.45, 7) is 3.08. The first-order chi connectivity index (χ1) is 18.0. The Labute approximate surface area is 226 Å². The summed E-state index contributed by atoms with van der Waals surface area (Å²) < 4.78 is 14.8. The number of rotatable bonds is 7. The van der Waals surface area contributed by atoms with E-state index in [1.807, 2.05) is 48.5 Å². The van der Waals surface area contributed by atoms with Crippen LogP contribution >= 0.6 is 23.2 Å². The molecule has 2 heterocycles. The van der Waals surface area contributed by atoms with E-state index in [1.54, 1.807) is 10.9 Å². The maximum absolute atomic E-state index is 9.46. The van der Waals surface area contributed by atoms with Gasteiger partial charge in [0.1, 0.15) is 5.15 Å². The van der Waals surface area contributed by atoms with E-state index >= 15 is 0 Å². The first-order valence-corrected chi connectivity index (χ1v) is 13.0. The van der Waals surface area contributed by atoms with Gasteiger partial charge in [0.05, 0.1) is 31.7 Å². The molecule has 1 saturated heterocycles. The summed E-state index contributed by atoms with van der Waals surface area (Å²) >= 11 is 12.5. The van der Waals surface area contributed by atoms with Crippen molar-refractivity contribution in [1.29, 1.82) is 0 Å². The largest absolute Gasteiger partial charge is 0.392 e. The lowest BCUT2D eigenvalue weighted by atomic mass is 9.90. The average molecular weight is 538 g/mol. The van der Waals surface area contributed by atoms with Gasteiger partial charge in [-0.25, -0.2) is 4.98 Å². The molecular formula is C29H29Cl2N3O3. The fourth-order valence-corrected chi connectivity index (χ4v) is 5.02. The van der Waals surface area contributed by atoms with E-state index in [0.29, 0.717) is 18.2 Å². The van der Waals surface area contributed by atoms with E-state index in [9.17, 15) is 5.11 Å². The van der Waals surface area contributed by atoms with E-state index in [-0.39, 0.29) is 29.9 Å². The van der Waals surface area contributed by atoms with Gasteiger partial charge in [0, 0.05) is 18.0 Å². The molecule has 5 rings (SSSR count). The Morgan fingerprint density at radius 1 is 0.919 bits per heavy atom. The highest BCUT2D eigenvalue weighted by Gasteiger charge is 2.38. The van der Waals surface area contributed by atoms with E-state index in [1.165, 1.54) is 0 Å². The molecule has 3 aromatic carbocycles. The normalized spacial score (nSPS) is 21.8. The molecule has 0 unspecified atom stereocenters. The SMILES string of the molecule is C[C@H]1[C@@H](Cn2cnc(Cl)c2Cl)O[C@@H](c2ccc(-c3cccc(CN)c3)cc2)O[C@H]1c1ccc(CO)cc1. The first-order valence-electron chi connectivity index (χ1n) is 12.2. The van der Waals surface area contributed by atoms with Crippen molar-refractivity contribution < 1.29 is 14.6 Å². The summed E-state index contributed by atoms with van der Waals surface area (Å²) in [5.74, 6) is 0.00624. The summed E-state index contributed by atoms with van der Waals surface area (Å²) in [6.07, 6.45) is 0.603. The molecule has 1 aromatic heterocycles. The first kappa shape index (κ1) is 25.9. The highest BCUT2D eigenvalue weighted by molar-refractivity contribution is 6.40. The molecule has 0 amide bonds. The van der Waals surface area contributed by atoms with Crippen LogP contribution in [-0.2, 0) is 29.2 Å². The molecule has 1 aliphatic heterocycles. The Hall–Kier alpha value is -2.71. The van der Waals surface area contributed by atoms with Gasteiger partial charge in [0.2, 0.25) is 0 Å². The Kier molecular flexibility index (Phi) is 7.95. The molecule has 6 nitrogen and oxygen atoms in total. The second-order valence-corrected chi connectivity index (χ2v) is 10.0. The number of aliphatic hydroxyl groups excluding tert-OH is 1. The van der Waals surface area contributed by atoms with Crippen LogP contribution in [0.4, 0.5) is 0 Å². The van der Waals surface area contributed by atoms with Crippen LogP contribution < -0.4 is 5.73 Å². The maximum atomic E-state index is 9.46. The van der Waals surface area contributed by atoms with Gasteiger partial charge in [0.25, 0.3) is 0 Å². The van der Waals surface area contributed by atoms with Gasteiger partial charge in [-0.05, 0) is 33.9 Å². The van der Waals surface area contributed by atoms with Gasteiger partial charge in [-0.3, -0.25) is 0 Å². The van der Waals surface area contributed by atoms with Gasteiger partial charge in [-0.15, -0.1) is 0 Å². The van der Waals surface area contributed by atoms with E-state index in [2.05, 4.69) is 36.2 Å². The fraction of sp³-hybridized carbons (Fsp3) is 0.276. The number of ether oxygens (including phenoxy) is 2. The number of nitrogens with two attached hydrogens (primary N) is 1. The molecule has 1 aliphatic rings. The van der Waals surface area contributed by atoms with Crippen molar-refractivity contribution in [3.8, 4) is 11.1 Å². The van der Waals surface area contributed by atoms with E-state index in [0.717, 1.165) is 33.4 Å². The van der Waals surface area contributed by atoms with Crippen molar-refractivity contribution >= 4 is 23.2 Å². The smallest absolute Gasteiger partial charge is 0.184 e. The van der Waals surface area contributed by atoms with Crippen LogP contribution in [0.25, 0.3) is 11.1 Å².